The van der Waals surface area contributed by atoms with Crippen molar-refractivity contribution in [3.63, 3.8) is 0 Å². The zero-order valence-electron chi connectivity index (χ0n) is 12.1. The highest BCUT2D eigenvalue weighted by molar-refractivity contribution is 7.99. The van der Waals surface area contributed by atoms with E-state index in [9.17, 15) is 9.18 Å². The molecule has 2 rings (SSSR count). The summed E-state index contributed by atoms with van der Waals surface area (Å²) in [5.41, 5.74) is 6.31. The van der Waals surface area contributed by atoms with E-state index < -0.39 is 11.7 Å². The van der Waals surface area contributed by atoms with Crippen molar-refractivity contribution in [1.29, 1.82) is 10.5 Å². The van der Waals surface area contributed by atoms with Gasteiger partial charge in [0.1, 0.15) is 29.1 Å². The van der Waals surface area contributed by atoms with Gasteiger partial charge in [-0.15, -0.1) is 0 Å². The number of hydrogen-bond acceptors (Lipinski definition) is 5. The van der Waals surface area contributed by atoms with Crippen LogP contribution in [0.2, 0.25) is 5.02 Å². The number of halogens is 2. The minimum atomic E-state index is -0.506. The molecule has 1 amide bonds. The van der Waals surface area contributed by atoms with Crippen molar-refractivity contribution in [1.82, 2.24) is 0 Å². The number of H-pyrrole nitrogens is 1. The Hall–Kier alpha value is -2.81. The van der Waals surface area contributed by atoms with Crippen molar-refractivity contribution in [2.45, 2.75) is 5.03 Å². The van der Waals surface area contributed by atoms with Crippen LogP contribution < -0.4 is 16.0 Å². The van der Waals surface area contributed by atoms with Crippen molar-refractivity contribution in [3.8, 4) is 12.1 Å². The van der Waals surface area contributed by atoms with Crippen molar-refractivity contribution in [2.24, 2.45) is 0 Å². The first-order valence-electron chi connectivity index (χ1n) is 6.48. The summed E-state index contributed by atoms with van der Waals surface area (Å²) in [5, 5.41) is 21.0. The fourth-order valence-electron chi connectivity index (χ4n) is 1.75. The molecule has 0 atom stereocenters. The topological polar surface area (TPSA) is 117 Å². The van der Waals surface area contributed by atoms with Gasteiger partial charge in [-0.25, -0.2) is 9.37 Å². The Morgan fingerprint density at radius 2 is 2.04 bits per heavy atom. The minimum absolute atomic E-state index is 0.0375. The average Bonchev–Trinajstić information content (AvgIpc) is 2.55. The standard InChI is InChI=1S/C15H9ClFN5OS/c16-11-4-10(17)1-2-12(11)21-13(23)7-24-15-9(6-19)3-8(5-18)14(20)22-15/h1-4H,7H2,(H2,20,22)(H,21,23)/p+1. The normalized spacial score (nSPS) is 9.83. The van der Waals surface area contributed by atoms with Crippen LogP contribution in [0.5, 0.6) is 0 Å². The number of aromatic nitrogens is 1. The van der Waals surface area contributed by atoms with E-state index in [1.807, 2.05) is 12.1 Å². The molecule has 0 spiro atoms. The number of carbonyl (C=O) groups excluding carboxylic acids is 1. The number of carbonyl (C=O) groups is 1. The number of pyridine rings is 1. The Bertz CT molecular complexity index is 891. The summed E-state index contributed by atoms with van der Waals surface area (Å²) in [4.78, 5) is 14.7. The monoisotopic (exact) mass is 362 g/mol. The van der Waals surface area contributed by atoms with E-state index in [0.717, 1.165) is 17.8 Å². The molecule has 0 aliphatic carbocycles. The number of nitrogen functional groups attached to an aromatic ring is 1. The SMILES string of the molecule is N#Cc1cc(C#N)c(SCC(=O)Nc2ccc(F)cc2Cl)[nH+]c1N. The van der Waals surface area contributed by atoms with Gasteiger partial charge in [-0.2, -0.15) is 10.5 Å². The summed E-state index contributed by atoms with van der Waals surface area (Å²) in [7, 11) is 0. The van der Waals surface area contributed by atoms with Crippen LogP contribution in [0.15, 0.2) is 29.3 Å². The number of amides is 1. The van der Waals surface area contributed by atoms with Gasteiger partial charge in [-0.1, -0.05) is 23.4 Å². The number of nitriles is 2. The summed E-state index contributed by atoms with van der Waals surface area (Å²) in [5.74, 6) is -0.826. The quantitative estimate of drug-likeness (QED) is 0.809. The predicted octanol–water partition coefficient (Wildman–Crippen LogP) is 2.35. The Labute approximate surface area is 146 Å². The largest absolute Gasteiger partial charge is 0.324 e. The van der Waals surface area contributed by atoms with Crippen LogP contribution in [0.3, 0.4) is 0 Å². The number of nitrogens with two attached hydrogens (primary N) is 1. The fourth-order valence-corrected chi connectivity index (χ4v) is 2.75. The molecule has 120 valence electrons. The van der Waals surface area contributed by atoms with Crippen LogP contribution in [-0.4, -0.2) is 11.7 Å². The predicted molar refractivity (Wildman–Crippen MR) is 87.6 cm³/mol. The van der Waals surface area contributed by atoms with Gasteiger partial charge in [-0.3, -0.25) is 10.5 Å². The Morgan fingerprint density at radius 3 is 2.67 bits per heavy atom. The van der Waals surface area contributed by atoms with E-state index in [0.29, 0.717) is 5.03 Å². The van der Waals surface area contributed by atoms with Gasteiger partial charge in [0.25, 0.3) is 5.82 Å². The van der Waals surface area contributed by atoms with Crippen LogP contribution in [-0.2, 0) is 4.79 Å². The molecule has 0 fully saturated rings. The molecule has 0 saturated carbocycles. The number of rotatable bonds is 4. The van der Waals surface area contributed by atoms with Crippen molar-refractivity contribution in [2.75, 3.05) is 16.8 Å². The number of thioether (sulfide) groups is 1. The Morgan fingerprint density at radius 1 is 1.33 bits per heavy atom. The van der Waals surface area contributed by atoms with Gasteiger partial charge in [0.2, 0.25) is 5.91 Å². The lowest BCUT2D eigenvalue weighted by molar-refractivity contribution is -0.410. The van der Waals surface area contributed by atoms with E-state index in [4.69, 9.17) is 27.9 Å². The minimum Gasteiger partial charge on any atom is -0.324 e. The zero-order valence-corrected chi connectivity index (χ0v) is 13.6. The average molecular weight is 363 g/mol. The zero-order chi connectivity index (χ0) is 17.7. The van der Waals surface area contributed by atoms with Gasteiger partial charge in [0.05, 0.1) is 16.5 Å². The number of benzene rings is 1. The van der Waals surface area contributed by atoms with Gasteiger partial charge >= 0.3 is 0 Å². The molecule has 1 aromatic carbocycles. The highest BCUT2D eigenvalue weighted by Crippen LogP contribution is 2.24. The summed E-state index contributed by atoms with van der Waals surface area (Å²) < 4.78 is 13.0. The first-order chi connectivity index (χ1) is 11.4. The summed E-state index contributed by atoms with van der Waals surface area (Å²) in [6.07, 6.45) is 0. The lowest BCUT2D eigenvalue weighted by Gasteiger charge is -2.07. The summed E-state index contributed by atoms with van der Waals surface area (Å²) >= 11 is 6.88. The fraction of sp³-hybridized carbons (Fsp3) is 0.0667. The molecule has 0 aliphatic heterocycles. The van der Waals surface area contributed by atoms with Crippen molar-refractivity contribution >= 4 is 40.8 Å². The van der Waals surface area contributed by atoms with Gasteiger partial charge in [0.15, 0.2) is 5.03 Å². The Balaban J connectivity index is 2.08. The molecule has 6 nitrogen and oxygen atoms in total. The van der Waals surface area contributed by atoms with E-state index in [2.05, 4.69) is 10.3 Å². The number of nitrogens with one attached hydrogen (secondary N) is 2. The summed E-state index contributed by atoms with van der Waals surface area (Å²) in [6, 6.07) is 8.77. The molecular formula is C15H10ClFN5OS+. The maximum absolute atomic E-state index is 13.0. The van der Waals surface area contributed by atoms with Gasteiger partial charge in [0, 0.05) is 0 Å². The Kier molecular flexibility index (Phi) is 5.59. The van der Waals surface area contributed by atoms with Gasteiger partial charge in [-0.05, 0) is 24.3 Å². The highest BCUT2D eigenvalue weighted by Gasteiger charge is 2.16. The van der Waals surface area contributed by atoms with E-state index in [-0.39, 0.29) is 33.4 Å². The van der Waals surface area contributed by atoms with Crippen LogP contribution in [0, 0.1) is 28.5 Å². The molecule has 2 aromatic rings. The van der Waals surface area contributed by atoms with E-state index in [1.54, 1.807) is 0 Å². The van der Waals surface area contributed by atoms with Crippen molar-refractivity contribution in [3.05, 3.63) is 46.2 Å². The number of aromatic amines is 1. The number of hydrogen-bond donors (Lipinski definition) is 2. The number of anilines is 2. The lowest BCUT2D eigenvalue weighted by atomic mass is 10.2. The molecule has 0 unspecified atom stereocenters. The molecule has 1 heterocycles. The summed E-state index contributed by atoms with van der Waals surface area (Å²) in [6.45, 7) is 0. The van der Waals surface area contributed by atoms with E-state index >= 15 is 0 Å². The first-order valence-corrected chi connectivity index (χ1v) is 7.84. The highest BCUT2D eigenvalue weighted by atomic mass is 35.5. The molecule has 0 saturated heterocycles. The van der Waals surface area contributed by atoms with Crippen molar-refractivity contribution < 1.29 is 14.2 Å². The van der Waals surface area contributed by atoms with Crippen LogP contribution in [0.25, 0.3) is 0 Å². The smallest absolute Gasteiger partial charge is 0.289 e. The molecule has 24 heavy (non-hydrogen) atoms. The second-order valence-corrected chi connectivity index (χ2v) is 5.92. The third-order valence-corrected chi connectivity index (χ3v) is 4.20. The second kappa shape index (κ2) is 7.64. The maximum Gasteiger partial charge on any atom is 0.289 e. The third kappa shape index (κ3) is 4.13. The van der Waals surface area contributed by atoms with Crippen LogP contribution >= 0.6 is 23.4 Å². The third-order valence-electron chi connectivity index (χ3n) is 2.87. The molecule has 0 bridgehead atoms. The van der Waals surface area contributed by atoms with E-state index in [1.165, 1.54) is 18.2 Å². The van der Waals surface area contributed by atoms with Crippen LogP contribution in [0.1, 0.15) is 11.1 Å². The molecule has 9 heteroatoms. The van der Waals surface area contributed by atoms with Crippen LogP contribution in [0.4, 0.5) is 15.9 Å². The molecule has 0 aliphatic rings. The number of nitrogens with zero attached hydrogens (tertiary/aromatic N) is 2. The first kappa shape index (κ1) is 17.5. The lowest BCUT2D eigenvalue weighted by Crippen LogP contribution is -2.19. The maximum atomic E-state index is 13.0. The molecule has 1 aromatic heterocycles. The van der Waals surface area contributed by atoms with Gasteiger partial charge < -0.3 is 5.32 Å². The second-order valence-electron chi connectivity index (χ2n) is 4.52. The molecule has 0 radical (unpaired) electrons. The molecule has 4 N–H and O–H groups in total. The molecular weight excluding hydrogens is 353 g/mol.